The molecule has 0 aliphatic carbocycles. The van der Waals surface area contributed by atoms with Gasteiger partial charge in [-0.15, -0.1) is 0 Å². The average Bonchev–Trinajstić information content (AvgIpc) is 2.26. The summed E-state index contributed by atoms with van der Waals surface area (Å²) in [6.07, 6.45) is 0.213. The van der Waals surface area contributed by atoms with Crippen LogP contribution >= 0.6 is 11.8 Å². The van der Waals surface area contributed by atoms with E-state index in [9.17, 15) is 19.8 Å². The number of hydrogen-bond donors (Lipinski definition) is 3. The van der Waals surface area contributed by atoms with E-state index >= 15 is 0 Å². The Morgan fingerprint density at radius 1 is 1.62 bits per heavy atom. The summed E-state index contributed by atoms with van der Waals surface area (Å²) < 4.78 is 0. The third-order valence-electron chi connectivity index (χ3n) is 1.86. The predicted octanol–water partition coefficient (Wildman–Crippen LogP) is -0.556. The zero-order valence-electron chi connectivity index (χ0n) is 8.58. The first-order valence-corrected chi connectivity index (χ1v) is 5.53. The smallest absolute Gasteiger partial charge is 0.344 e. The molecule has 0 radical (unpaired) electrons. The van der Waals surface area contributed by atoms with Crippen molar-refractivity contribution in [2.45, 2.75) is 19.1 Å². The number of aliphatic hydroxyl groups is 2. The van der Waals surface area contributed by atoms with Gasteiger partial charge in [-0.2, -0.15) is 0 Å². The van der Waals surface area contributed by atoms with Crippen LogP contribution in [0.4, 0.5) is 0 Å². The molecular weight excluding hydrogens is 232 g/mol. The molecule has 2 atom stereocenters. The van der Waals surface area contributed by atoms with Crippen LogP contribution in [0.15, 0.2) is 17.2 Å². The van der Waals surface area contributed by atoms with E-state index in [-0.39, 0.29) is 10.9 Å². The highest BCUT2D eigenvalue weighted by Gasteiger charge is 2.19. The molecule has 0 aliphatic rings. The van der Waals surface area contributed by atoms with Gasteiger partial charge in [-0.1, -0.05) is 11.8 Å². The molecular formula is C9H12N2O4S. The molecule has 1 heterocycles. The van der Waals surface area contributed by atoms with Crippen LogP contribution in [0.2, 0.25) is 0 Å². The maximum absolute atomic E-state index is 10.7. The lowest BCUT2D eigenvalue weighted by atomic mass is 10.1. The summed E-state index contributed by atoms with van der Waals surface area (Å²) in [6.45, 7) is 1.38. The second-order valence-electron chi connectivity index (χ2n) is 3.17. The summed E-state index contributed by atoms with van der Waals surface area (Å²) in [7, 11) is 0. The first-order valence-electron chi connectivity index (χ1n) is 4.55. The number of aromatic nitrogens is 2. The fourth-order valence-electron chi connectivity index (χ4n) is 1.03. The second kappa shape index (κ2) is 5.78. The quantitative estimate of drug-likeness (QED) is 0.656. The molecule has 0 spiro atoms. The minimum absolute atomic E-state index is 0.0929. The molecule has 0 amide bonds. The van der Waals surface area contributed by atoms with Crippen molar-refractivity contribution in [2.75, 3.05) is 5.75 Å². The van der Waals surface area contributed by atoms with Gasteiger partial charge in [-0.05, 0) is 0 Å². The fraction of sp³-hybridized carbons (Fsp3) is 0.444. The van der Waals surface area contributed by atoms with E-state index in [1.165, 1.54) is 19.3 Å². The van der Waals surface area contributed by atoms with Crippen LogP contribution in [0, 0.1) is 0 Å². The lowest BCUT2D eigenvalue weighted by Gasteiger charge is -2.16. The summed E-state index contributed by atoms with van der Waals surface area (Å²) in [6, 6.07) is 0. The Morgan fingerprint density at radius 2 is 2.31 bits per heavy atom. The van der Waals surface area contributed by atoms with Crippen LogP contribution in [-0.2, 0) is 4.79 Å². The zero-order chi connectivity index (χ0) is 12.1. The summed E-state index contributed by atoms with van der Waals surface area (Å²) in [5, 5.41) is 19.1. The molecule has 0 saturated carbocycles. The molecule has 0 bridgehead atoms. The van der Waals surface area contributed by atoms with Crippen molar-refractivity contribution in [1.29, 1.82) is 0 Å². The molecule has 1 aromatic rings. The Hall–Kier alpha value is -1.18. The molecule has 0 saturated heterocycles. The summed E-state index contributed by atoms with van der Waals surface area (Å²) in [5.74, 6) is 0.0929. The molecule has 7 heteroatoms. The van der Waals surface area contributed by atoms with E-state index in [0.29, 0.717) is 5.56 Å². The number of rotatable bonds is 4. The normalized spacial score (nSPS) is 14.4. The molecule has 88 valence electrons. The molecule has 16 heavy (non-hydrogen) atoms. The number of aliphatic hydroxyl groups excluding tert-OH is 2. The summed E-state index contributed by atoms with van der Waals surface area (Å²) >= 11 is 0.924. The molecule has 3 N–H and O–H groups in total. The molecule has 0 fully saturated rings. The monoisotopic (exact) mass is 244 g/mol. The maximum atomic E-state index is 10.7. The van der Waals surface area contributed by atoms with Gasteiger partial charge in [0.05, 0.1) is 6.10 Å². The van der Waals surface area contributed by atoms with Gasteiger partial charge in [0.1, 0.15) is 6.10 Å². The van der Waals surface area contributed by atoms with Gasteiger partial charge in [-0.3, -0.25) is 4.79 Å². The van der Waals surface area contributed by atoms with Crippen LogP contribution < -0.4 is 5.69 Å². The van der Waals surface area contributed by atoms with Gasteiger partial charge >= 0.3 is 5.69 Å². The standard InChI is InChI=1S/C9H12N2O4S/c1-5(12)16-4-7(13)8(14)6-2-10-9(15)11-3-6/h2-3,7-8,13-14H,4H2,1H3,(H,10,11,15). The van der Waals surface area contributed by atoms with Crippen LogP contribution in [0.25, 0.3) is 0 Å². The number of nitrogens with one attached hydrogen (secondary N) is 1. The van der Waals surface area contributed by atoms with Gasteiger partial charge in [0, 0.05) is 30.6 Å². The molecule has 1 aromatic heterocycles. The average molecular weight is 244 g/mol. The van der Waals surface area contributed by atoms with E-state index < -0.39 is 17.9 Å². The third-order valence-corrected chi connectivity index (χ3v) is 2.77. The van der Waals surface area contributed by atoms with Crippen molar-refractivity contribution in [3.05, 3.63) is 28.4 Å². The Morgan fingerprint density at radius 3 is 2.81 bits per heavy atom. The van der Waals surface area contributed by atoms with Gasteiger partial charge < -0.3 is 15.2 Å². The highest BCUT2D eigenvalue weighted by atomic mass is 32.2. The number of nitrogens with zero attached hydrogens (tertiary/aromatic N) is 1. The first-order chi connectivity index (χ1) is 7.50. The third kappa shape index (κ3) is 3.76. The van der Waals surface area contributed by atoms with E-state index in [1.807, 2.05) is 0 Å². The number of carbonyl (C=O) groups excluding carboxylic acids is 1. The van der Waals surface area contributed by atoms with E-state index in [4.69, 9.17) is 0 Å². The van der Waals surface area contributed by atoms with Gasteiger partial charge in [0.15, 0.2) is 5.12 Å². The Labute approximate surface area is 95.7 Å². The SMILES string of the molecule is CC(=O)SCC(O)C(O)c1cnc(=O)[nH]c1. The minimum Gasteiger partial charge on any atom is -0.389 e. The Kier molecular flexibility index (Phi) is 4.66. The van der Waals surface area contributed by atoms with Crippen molar-refractivity contribution in [1.82, 2.24) is 9.97 Å². The van der Waals surface area contributed by atoms with Crippen molar-refractivity contribution in [3.63, 3.8) is 0 Å². The van der Waals surface area contributed by atoms with Crippen LogP contribution in [-0.4, -0.2) is 37.2 Å². The van der Waals surface area contributed by atoms with Crippen LogP contribution in [0.3, 0.4) is 0 Å². The van der Waals surface area contributed by atoms with Crippen LogP contribution in [0.5, 0.6) is 0 Å². The van der Waals surface area contributed by atoms with Crippen molar-refractivity contribution < 1.29 is 15.0 Å². The lowest BCUT2D eigenvalue weighted by molar-refractivity contribution is -0.109. The van der Waals surface area contributed by atoms with Gasteiger partial charge in [0.2, 0.25) is 0 Å². The van der Waals surface area contributed by atoms with Gasteiger partial charge in [-0.25, -0.2) is 9.78 Å². The molecule has 2 unspecified atom stereocenters. The van der Waals surface area contributed by atoms with Crippen LogP contribution in [0.1, 0.15) is 18.6 Å². The van der Waals surface area contributed by atoms with Gasteiger partial charge in [0.25, 0.3) is 0 Å². The van der Waals surface area contributed by atoms with Crippen molar-refractivity contribution >= 4 is 16.9 Å². The molecule has 1 rings (SSSR count). The van der Waals surface area contributed by atoms with E-state index in [1.54, 1.807) is 0 Å². The fourth-order valence-corrected chi connectivity index (χ4v) is 1.62. The van der Waals surface area contributed by atoms with Crippen molar-refractivity contribution in [2.24, 2.45) is 0 Å². The highest BCUT2D eigenvalue weighted by Crippen LogP contribution is 2.17. The maximum Gasteiger partial charge on any atom is 0.344 e. The number of H-pyrrole nitrogens is 1. The highest BCUT2D eigenvalue weighted by molar-refractivity contribution is 8.13. The number of hydrogen-bond acceptors (Lipinski definition) is 6. The first kappa shape index (κ1) is 12.9. The molecule has 0 aliphatic heterocycles. The topological polar surface area (TPSA) is 103 Å². The second-order valence-corrected chi connectivity index (χ2v) is 4.36. The summed E-state index contributed by atoms with van der Waals surface area (Å²) in [5.41, 5.74) is -0.222. The minimum atomic E-state index is -1.17. The Bertz CT molecular complexity index is 400. The Balaban J connectivity index is 2.62. The predicted molar refractivity (Wildman–Crippen MR) is 59.0 cm³/mol. The van der Waals surface area contributed by atoms with E-state index in [0.717, 1.165) is 11.8 Å². The lowest BCUT2D eigenvalue weighted by Crippen LogP contribution is -2.23. The number of aromatic amines is 1. The molecule has 0 aromatic carbocycles. The largest absolute Gasteiger partial charge is 0.389 e. The number of thioether (sulfide) groups is 1. The number of carbonyl (C=O) groups is 1. The van der Waals surface area contributed by atoms with Crippen molar-refractivity contribution in [3.8, 4) is 0 Å². The molecule has 6 nitrogen and oxygen atoms in total. The summed E-state index contributed by atoms with van der Waals surface area (Å²) in [4.78, 5) is 27.0. The van der Waals surface area contributed by atoms with E-state index in [2.05, 4.69) is 9.97 Å². The zero-order valence-corrected chi connectivity index (χ0v) is 9.40.